The van der Waals surface area contributed by atoms with Crippen LogP contribution in [-0.2, 0) is 22.7 Å². The largest absolute Gasteiger partial charge is 0.329 e. The molecule has 2 heterocycles. The number of hydrogen-bond donors (Lipinski definition) is 2. The molecule has 32 heavy (non-hydrogen) atoms. The number of allylic oxidation sites excluding steroid dienone is 2. The van der Waals surface area contributed by atoms with E-state index in [-0.39, 0.29) is 37.4 Å². The Morgan fingerprint density at radius 3 is 2.84 bits per heavy atom. The predicted octanol–water partition coefficient (Wildman–Crippen LogP) is 2.16. The third-order valence-corrected chi connectivity index (χ3v) is 6.10. The molecular weight excluding hydrogens is 415 g/mol. The summed E-state index contributed by atoms with van der Waals surface area (Å²) in [5, 5.41) is 5.14. The van der Waals surface area contributed by atoms with Crippen molar-refractivity contribution < 1.29 is 23.6 Å². The van der Waals surface area contributed by atoms with Gasteiger partial charge in [0.2, 0.25) is 11.8 Å². The van der Waals surface area contributed by atoms with E-state index in [1.165, 1.54) is 22.0 Å². The molecule has 2 unspecified atom stereocenters. The summed E-state index contributed by atoms with van der Waals surface area (Å²) in [6, 6.07) is 4.24. The van der Waals surface area contributed by atoms with Gasteiger partial charge >= 0.3 is 6.03 Å². The lowest BCUT2D eigenvalue weighted by molar-refractivity contribution is -0.136. The second kappa shape index (κ2) is 8.22. The number of fused-ring (bicyclic) bond motifs is 1. The highest BCUT2D eigenvalue weighted by Crippen LogP contribution is 2.30. The van der Waals surface area contributed by atoms with E-state index in [4.69, 9.17) is 0 Å². The average Bonchev–Trinajstić information content (AvgIpc) is 3.05. The van der Waals surface area contributed by atoms with Crippen LogP contribution in [0.25, 0.3) is 0 Å². The van der Waals surface area contributed by atoms with Crippen LogP contribution in [0.1, 0.15) is 47.7 Å². The summed E-state index contributed by atoms with van der Waals surface area (Å²) in [5.41, 5.74) is 1.23. The number of carbonyl (C=O) groups excluding carboxylic acids is 4. The predicted molar refractivity (Wildman–Crippen MR) is 114 cm³/mol. The minimum absolute atomic E-state index is 0.190. The fourth-order valence-corrected chi connectivity index (χ4v) is 4.38. The first-order valence-electron chi connectivity index (χ1n) is 10.5. The Hall–Kier alpha value is -3.49. The summed E-state index contributed by atoms with van der Waals surface area (Å²) < 4.78 is 13.6. The van der Waals surface area contributed by atoms with E-state index in [9.17, 15) is 23.6 Å². The van der Waals surface area contributed by atoms with Crippen molar-refractivity contribution in [2.75, 3.05) is 7.05 Å². The molecule has 0 saturated carbocycles. The van der Waals surface area contributed by atoms with Gasteiger partial charge in [-0.1, -0.05) is 18.2 Å². The molecule has 2 N–H and O–H groups in total. The number of nitrogens with zero attached hydrogens (tertiary/aromatic N) is 2. The number of benzene rings is 1. The quantitative estimate of drug-likeness (QED) is 0.701. The maximum Gasteiger partial charge on any atom is 0.318 e. The number of amides is 5. The van der Waals surface area contributed by atoms with Crippen molar-refractivity contribution in [2.45, 2.75) is 50.9 Å². The monoisotopic (exact) mass is 440 g/mol. The number of imide groups is 1. The molecule has 2 aliphatic heterocycles. The van der Waals surface area contributed by atoms with Crippen molar-refractivity contribution in [3.63, 3.8) is 0 Å². The number of nitrogens with one attached hydrogen (secondary N) is 2. The molecule has 1 saturated heterocycles. The maximum atomic E-state index is 13.6. The molecule has 1 fully saturated rings. The lowest BCUT2D eigenvalue weighted by atomic mass is 9.93. The van der Waals surface area contributed by atoms with Gasteiger partial charge in [0, 0.05) is 32.1 Å². The zero-order chi connectivity index (χ0) is 23.0. The molecule has 0 radical (unpaired) electrons. The van der Waals surface area contributed by atoms with E-state index >= 15 is 0 Å². The molecule has 0 bridgehead atoms. The minimum Gasteiger partial charge on any atom is -0.329 e. The van der Waals surface area contributed by atoms with Gasteiger partial charge in [-0.2, -0.15) is 0 Å². The van der Waals surface area contributed by atoms with Crippen LogP contribution in [0.3, 0.4) is 0 Å². The molecule has 168 valence electrons. The molecule has 9 heteroatoms. The molecule has 2 atom stereocenters. The van der Waals surface area contributed by atoms with Crippen LogP contribution < -0.4 is 10.6 Å². The molecule has 3 aliphatic rings. The molecule has 5 amide bonds. The van der Waals surface area contributed by atoms with Gasteiger partial charge < -0.3 is 15.1 Å². The number of urea groups is 1. The van der Waals surface area contributed by atoms with Crippen molar-refractivity contribution in [3.8, 4) is 0 Å². The number of hydrogen-bond acceptors (Lipinski definition) is 4. The highest BCUT2D eigenvalue weighted by molar-refractivity contribution is 6.05. The summed E-state index contributed by atoms with van der Waals surface area (Å²) in [7, 11) is 1.63. The van der Waals surface area contributed by atoms with Crippen molar-refractivity contribution in [1.29, 1.82) is 0 Å². The van der Waals surface area contributed by atoms with Gasteiger partial charge in [0.15, 0.2) is 0 Å². The van der Waals surface area contributed by atoms with Crippen molar-refractivity contribution in [1.82, 2.24) is 20.4 Å². The number of halogens is 1. The van der Waals surface area contributed by atoms with Crippen LogP contribution in [0.2, 0.25) is 0 Å². The van der Waals surface area contributed by atoms with Crippen LogP contribution in [0.4, 0.5) is 9.18 Å². The molecular formula is C23H25FN4O4. The fourth-order valence-electron chi connectivity index (χ4n) is 4.38. The lowest BCUT2D eigenvalue weighted by Gasteiger charge is -2.31. The van der Waals surface area contributed by atoms with E-state index in [0.717, 1.165) is 11.1 Å². The van der Waals surface area contributed by atoms with Gasteiger partial charge in [0.05, 0.1) is 5.54 Å². The smallest absolute Gasteiger partial charge is 0.318 e. The Labute approximate surface area is 185 Å². The summed E-state index contributed by atoms with van der Waals surface area (Å²) in [6.07, 6.45) is 5.39. The van der Waals surface area contributed by atoms with Gasteiger partial charge in [0.25, 0.3) is 5.91 Å². The van der Waals surface area contributed by atoms with E-state index in [1.54, 1.807) is 32.2 Å². The SMILES string of the molecule is CN(Cc1cccc2c1CN(C1CCC(=O)NC1=O)C2=O)C(=O)NC1(C)C=C(F)C=CC1. The van der Waals surface area contributed by atoms with Crippen LogP contribution in [-0.4, -0.2) is 52.2 Å². The van der Waals surface area contributed by atoms with E-state index in [2.05, 4.69) is 10.6 Å². The van der Waals surface area contributed by atoms with Crippen molar-refractivity contribution in [2.24, 2.45) is 0 Å². The standard InChI is InChI=1S/C23H25FN4O4/c1-23(10-4-6-15(24)11-23)26-22(32)27(2)12-14-5-3-7-16-17(14)13-28(21(16)31)18-8-9-19(29)25-20(18)30/h3-7,11,18H,8-10,12-13H2,1-2H3,(H,26,32)(H,25,29,30). The number of carbonyl (C=O) groups is 4. The summed E-state index contributed by atoms with van der Waals surface area (Å²) in [6.45, 7) is 2.23. The van der Waals surface area contributed by atoms with Gasteiger partial charge in [-0.05, 0) is 49.1 Å². The van der Waals surface area contributed by atoms with Crippen molar-refractivity contribution >= 4 is 23.8 Å². The summed E-state index contributed by atoms with van der Waals surface area (Å²) in [5.74, 6) is -1.45. The lowest BCUT2D eigenvalue weighted by Crippen LogP contribution is -2.52. The third-order valence-electron chi connectivity index (χ3n) is 6.10. The van der Waals surface area contributed by atoms with Gasteiger partial charge in [-0.25, -0.2) is 9.18 Å². The second-order valence-corrected chi connectivity index (χ2v) is 8.68. The van der Waals surface area contributed by atoms with Crippen LogP contribution in [0.5, 0.6) is 0 Å². The maximum absolute atomic E-state index is 13.6. The first kappa shape index (κ1) is 21.7. The molecule has 1 aromatic carbocycles. The Bertz CT molecular complexity index is 1070. The Kier molecular flexibility index (Phi) is 5.58. The third kappa shape index (κ3) is 4.15. The summed E-state index contributed by atoms with van der Waals surface area (Å²) >= 11 is 0. The van der Waals surface area contributed by atoms with Gasteiger partial charge in [-0.15, -0.1) is 0 Å². The highest BCUT2D eigenvalue weighted by Gasteiger charge is 2.40. The van der Waals surface area contributed by atoms with Crippen LogP contribution >= 0.6 is 0 Å². The number of piperidine rings is 1. The topological polar surface area (TPSA) is 98.8 Å². The number of rotatable bonds is 4. The van der Waals surface area contributed by atoms with Crippen molar-refractivity contribution in [3.05, 3.63) is 58.9 Å². The first-order chi connectivity index (χ1) is 15.2. The van der Waals surface area contributed by atoms with Crippen LogP contribution in [0.15, 0.2) is 42.3 Å². The Balaban J connectivity index is 1.48. The first-order valence-corrected chi connectivity index (χ1v) is 10.5. The zero-order valence-electron chi connectivity index (χ0n) is 18.0. The molecule has 4 rings (SSSR count). The zero-order valence-corrected chi connectivity index (χ0v) is 18.0. The van der Waals surface area contributed by atoms with E-state index in [1.807, 2.05) is 6.07 Å². The summed E-state index contributed by atoms with van der Waals surface area (Å²) in [4.78, 5) is 52.4. The molecule has 1 aromatic rings. The Morgan fingerprint density at radius 1 is 1.34 bits per heavy atom. The van der Waals surface area contributed by atoms with E-state index < -0.39 is 23.3 Å². The average molecular weight is 440 g/mol. The molecule has 0 spiro atoms. The minimum atomic E-state index is -0.818. The van der Waals surface area contributed by atoms with E-state index in [0.29, 0.717) is 18.4 Å². The normalized spacial score (nSPS) is 24.7. The highest BCUT2D eigenvalue weighted by atomic mass is 19.1. The van der Waals surface area contributed by atoms with Gasteiger partial charge in [0.1, 0.15) is 11.9 Å². The molecule has 0 aromatic heterocycles. The second-order valence-electron chi connectivity index (χ2n) is 8.68. The molecule has 8 nitrogen and oxygen atoms in total. The Morgan fingerprint density at radius 2 is 2.12 bits per heavy atom. The van der Waals surface area contributed by atoms with Gasteiger partial charge in [-0.3, -0.25) is 19.7 Å². The fraction of sp³-hybridized carbons (Fsp3) is 0.391. The molecule has 1 aliphatic carbocycles. The van der Waals surface area contributed by atoms with Crippen LogP contribution in [0, 0.1) is 0 Å².